The molecule has 8 heteroatoms. The Morgan fingerprint density at radius 2 is 2.15 bits per heavy atom. The number of likely N-dealkylation sites (N-methyl/N-ethyl adjacent to an activating group) is 2. The minimum atomic E-state index is 0. The molecule has 2 unspecified atom stereocenters. The van der Waals surface area contributed by atoms with E-state index in [0.29, 0.717) is 6.04 Å². The second-order valence-electron chi connectivity index (χ2n) is 8.21. The van der Waals surface area contributed by atoms with E-state index in [0.717, 1.165) is 58.2 Å². The van der Waals surface area contributed by atoms with Crippen LogP contribution in [0.3, 0.4) is 0 Å². The van der Waals surface area contributed by atoms with Crippen molar-refractivity contribution >= 4 is 35.8 Å². The third-order valence-electron chi connectivity index (χ3n) is 6.19. The van der Waals surface area contributed by atoms with Gasteiger partial charge in [-0.3, -0.25) is 9.69 Å². The quantitative estimate of drug-likeness (QED) is 0.355. The van der Waals surface area contributed by atoms with Gasteiger partial charge in [-0.05, 0) is 38.8 Å². The monoisotopic (exact) mass is 493 g/mol. The number of aliphatic imine (C=N–C) groups is 1. The Morgan fingerprint density at radius 3 is 2.81 bits per heavy atom. The van der Waals surface area contributed by atoms with Gasteiger partial charge in [-0.15, -0.1) is 24.0 Å². The number of rotatable bonds is 5. The maximum absolute atomic E-state index is 12.0. The first kappa shape index (κ1) is 22.7. The molecule has 156 valence electrons. The highest BCUT2D eigenvalue weighted by Crippen LogP contribution is 2.38. The lowest BCUT2D eigenvalue weighted by molar-refractivity contribution is -0.127. The van der Waals surface area contributed by atoms with Gasteiger partial charge in [0, 0.05) is 51.8 Å². The molecule has 0 aromatic heterocycles. The Labute approximate surface area is 180 Å². The van der Waals surface area contributed by atoms with Crippen LogP contribution in [0.4, 0.5) is 0 Å². The topological polar surface area (TPSA) is 60.4 Å². The molecule has 0 radical (unpaired) electrons. The van der Waals surface area contributed by atoms with Crippen LogP contribution in [-0.4, -0.2) is 99.2 Å². The first-order valence-electron chi connectivity index (χ1n) is 10.1. The lowest BCUT2D eigenvalue weighted by Gasteiger charge is -2.28. The predicted octanol–water partition coefficient (Wildman–Crippen LogP) is 1.23. The highest BCUT2D eigenvalue weighted by molar-refractivity contribution is 14.0. The molecule has 7 nitrogen and oxygen atoms in total. The van der Waals surface area contributed by atoms with Crippen molar-refractivity contribution in [1.29, 1.82) is 0 Å². The molecule has 27 heavy (non-hydrogen) atoms. The molecule has 2 atom stereocenters. The summed E-state index contributed by atoms with van der Waals surface area (Å²) in [4.78, 5) is 23.2. The van der Waals surface area contributed by atoms with Crippen molar-refractivity contribution < 1.29 is 9.53 Å². The lowest BCUT2D eigenvalue weighted by atomic mass is 9.87. The minimum absolute atomic E-state index is 0. The van der Waals surface area contributed by atoms with Crippen molar-refractivity contribution in [3.8, 4) is 0 Å². The molecule has 3 aliphatic rings. The van der Waals surface area contributed by atoms with E-state index < -0.39 is 0 Å². The highest BCUT2D eigenvalue weighted by atomic mass is 127. The summed E-state index contributed by atoms with van der Waals surface area (Å²) in [5, 5.41) is 3.59. The molecule has 1 amide bonds. The van der Waals surface area contributed by atoms with Crippen molar-refractivity contribution in [3.63, 3.8) is 0 Å². The van der Waals surface area contributed by atoms with Gasteiger partial charge in [-0.25, -0.2) is 4.99 Å². The number of halogens is 1. The van der Waals surface area contributed by atoms with Crippen LogP contribution in [-0.2, 0) is 9.53 Å². The van der Waals surface area contributed by atoms with Crippen molar-refractivity contribution in [2.75, 3.05) is 66.6 Å². The summed E-state index contributed by atoms with van der Waals surface area (Å²) in [7, 11) is 3.56. The smallest absolute Gasteiger partial charge is 0.243 e. The number of nitrogens with zero attached hydrogens (tertiary/aromatic N) is 4. The zero-order valence-corrected chi connectivity index (χ0v) is 19.4. The van der Waals surface area contributed by atoms with Crippen LogP contribution in [0, 0.1) is 5.41 Å². The van der Waals surface area contributed by atoms with Gasteiger partial charge >= 0.3 is 0 Å². The highest BCUT2D eigenvalue weighted by Gasteiger charge is 2.42. The van der Waals surface area contributed by atoms with Crippen LogP contribution in [0.1, 0.15) is 32.6 Å². The van der Waals surface area contributed by atoms with E-state index in [4.69, 9.17) is 4.74 Å². The minimum Gasteiger partial charge on any atom is -0.381 e. The number of ether oxygens (including phenoxy) is 1. The summed E-state index contributed by atoms with van der Waals surface area (Å²) in [5.41, 5.74) is 0.289. The SMILES string of the molecule is CCN1CCCC1CNC(=NCC(=O)N(C)C)N1CCC2(CCOC2)C1.I. The average Bonchev–Trinajstić information content (AvgIpc) is 3.37. The predicted molar refractivity (Wildman–Crippen MR) is 119 cm³/mol. The molecule has 3 fully saturated rings. The maximum atomic E-state index is 12.0. The van der Waals surface area contributed by atoms with Crippen molar-refractivity contribution in [3.05, 3.63) is 0 Å². The second-order valence-corrected chi connectivity index (χ2v) is 8.21. The Kier molecular flexibility index (Phi) is 8.61. The van der Waals surface area contributed by atoms with Gasteiger partial charge in [0.15, 0.2) is 5.96 Å². The fourth-order valence-electron chi connectivity index (χ4n) is 4.39. The van der Waals surface area contributed by atoms with Crippen molar-refractivity contribution in [2.45, 2.75) is 38.6 Å². The van der Waals surface area contributed by atoms with Crippen molar-refractivity contribution in [2.24, 2.45) is 10.4 Å². The van der Waals surface area contributed by atoms with E-state index >= 15 is 0 Å². The normalized spacial score (nSPS) is 28.6. The van der Waals surface area contributed by atoms with Gasteiger partial charge in [0.25, 0.3) is 0 Å². The van der Waals surface area contributed by atoms with Crippen molar-refractivity contribution in [1.82, 2.24) is 20.0 Å². The van der Waals surface area contributed by atoms with Gasteiger partial charge < -0.3 is 19.9 Å². The number of amides is 1. The molecule has 3 rings (SSSR count). The molecule has 3 saturated heterocycles. The molecule has 0 aromatic carbocycles. The molecule has 0 saturated carbocycles. The second kappa shape index (κ2) is 10.2. The summed E-state index contributed by atoms with van der Waals surface area (Å²) in [6, 6.07) is 0.570. The van der Waals surface area contributed by atoms with Gasteiger partial charge in [0.05, 0.1) is 6.61 Å². The number of carbonyl (C=O) groups is 1. The fraction of sp³-hybridized carbons (Fsp3) is 0.895. The Morgan fingerprint density at radius 1 is 1.33 bits per heavy atom. The van der Waals surface area contributed by atoms with E-state index in [1.54, 1.807) is 19.0 Å². The summed E-state index contributed by atoms with van der Waals surface area (Å²) >= 11 is 0. The average molecular weight is 493 g/mol. The number of carbonyl (C=O) groups excluding carboxylic acids is 1. The lowest BCUT2D eigenvalue weighted by Crippen LogP contribution is -2.47. The summed E-state index contributed by atoms with van der Waals surface area (Å²) < 4.78 is 5.66. The van der Waals surface area contributed by atoms with Crippen LogP contribution in [0.15, 0.2) is 4.99 Å². The molecule has 0 aliphatic carbocycles. The van der Waals surface area contributed by atoms with Crippen LogP contribution in [0.25, 0.3) is 0 Å². The third-order valence-corrected chi connectivity index (χ3v) is 6.19. The van der Waals surface area contributed by atoms with Crippen LogP contribution in [0.2, 0.25) is 0 Å². The van der Waals surface area contributed by atoms with Crippen LogP contribution in [0.5, 0.6) is 0 Å². The first-order valence-corrected chi connectivity index (χ1v) is 10.1. The molecule has 1 N–H and O–H groups in total. The third kappa shape index (κ3) is 5.69. The van der Waals surface area contributed by atoms with E-state index in [1.165, 1.54) is 19.4 Å². The largest absolute Gasteiger partial charge is 0.381 e. The summed E-state index contributed by atoms with van der Waals surface area (Å²) in [6.45, 7) is 9.35. The number of nitrogens with one attached hydrogen (secondary N) is 1. The van der Waals surface area contributed by atoms with Crippen LogP contribution < -0.4 is 5.32 Å². The van der Waals surface area contributed by atoms with E-state index in [-0.39, 0.29) is 41.8 Å². The molecular formula is C19H36IN5O2. The standard InChI is InChI=1S/C19H35N5O2.HI/c1-4-23-9-5-6-16(23)12-20-18(21-13-17(25)22(2)3)24-10-7-19(14-24)8-11-26-15-19;/h16H,4-15H2,1-3H3,(H,20,21);1H. The Hall–Kier alpha value is -0.610. The first-order chi connectivity index (χ1) is 12.5. The van der Waals surface area contributed by atoms with Gasteiger partial charge in [-0.2, -0.15) is 0 Å². The Bertz CT molecular complexity index is 522. The number of likely N-dealkylation sites (tertiary alicyclic amines) is 2. The Balaban J connectivity index is 0.00000261. The molecule has 1 spiro atoms. The van der Waals surface area contributed by atoms with E-state index in [9.17, 15) is 4.79 Å². The maximum Gasteiger partial charge on any atom is 0.243 e. The molecule has 3 heterocycles. The zero-order chi connectivity index (χ0) is 18.6. The number of hydrogen-bond acceptors (Lipinski definition) is 4. The number of guanidine groups is 1. The molecule has 3 aliphatic heterocycles. The molecule has 0 aromatic rings. The summed E-state index contributed by atoms with van der Waals surface area (Å²) in [5.74, 6) is 0.936. The molecule has 0 bridgehead atoms. The fourth-order valence-corrected chi connectivity index (χ4v) is 4.39. The summed E-state index contributed by atoms with van der Waals surface area (Å²) in [6.07, 6.45) is 4.80. The van der Waals surface area contributed by atoms with E-state index in [1.807, 2.05) is 0 Å². The van der Waals surface area contributed by atoms with Gasteiger partial charge in [0.1, 0.15) is 6.54 Å². The van der Waals surface area contributed by atoms with Gasteiger partial charge in [0.2, 0.25) is 5.91 Å². The zero-order valence-electron chi connectivity index (χ0n) is 17.1. The number of hydrogen-bond donors (Lipinski definition) is 1. The van der Waals surface area contributed by atoms with Gasteiger partial charge in [-0.1, -0.05) is 6.92 Å². The molecular weight excluding hydrogens is 457 g/mol. The van der Waals surface area contributed by atoms with Crippen LogP contribution >= 0.6 is 24.0 Å². The van der Waals surface area contributed by atoms with E-state index in [2.05, 4.69) is 27.0 Å².